The Morgan fingerprint density at radius 1 is 1.58 bits per heavy atom. The van der Waals surface area contributed by atoms with Gasteiger partial charge in [0.2, 0.25) is 0 Å². The van der Waals surface area contributed by atoms with Crippen molar-refractivity contribution in [1.82, 2.24) is 4.90 Å². The first-order valence-electron chi connectivity index (χ1n) is 5.94. The molecule has 0 saturated carbocycles. The summed E-state index contributed by atoms with van der Waals surface area (Å²) >= 11 is 0. The summed E-state index contributed by atoms with van der Waals surface area (Å²) in [5, 5.41) is 22.9. The quantitative estimate of drug-likeness (QED) is 0.631. The zero-order valence-corrected chi connectivity index (χ0v) is 10.5. The number of non-ortho nitro benzene ring substituents is 1. The van der Waals surface area contributed by atoms with E-state index in [4.69, 9.17) is 5.11 Å². The van der Waals surface area contributed by atoms with Crippen molar-refractivity contribution < 1.29 is 14.8 Å². The van der Waals surface area contributed by atoms with E-state index < -0.39 is 10.9 Å². The van der Waals surface area contributed by atoms with E-state index in [9.17, 15) is 14.9 Å². The van der Waals surface area contributed by atoms with Crippen LogP contribution in [0.3, 0.4) is 0 Å². The van der Waals surface area contributed by atoms with E-state index in [-0.39, 0.29) is 17.3 Å². The van der Waals surface area contributed by atoms with E-state index in [1.54, 1.807) is 0 Å². The summed E-state index contributed by atoms with van der Waals surface area (Å²) in [6.07, 6.45) is 0.887. The Balaban J connectivity index is 2.27. The highest BCUT2D eigenvalue weighted by Gasteiger charge is 2.22. The second-order valence-corrected chi connectivity index (χ2v) is 4.68. The molecule has 0 bridgehead atoms. The van der Waals surface area contributed by atoms with Crippen LogP contribution >= 0.6 is 0 Å². The third-order valence-corrected chi connectivity index (χ3v) is 3.20. The van der Waals surface area contributed by atoms with Gasteiger partial charge in [-0.25, -0.2) is 4.79 Å². The van der Waals surface area contributed by atoms with E-state index in [0.717, 1.165) is 19.5 Å². The number of carboxylic acid groups (broad SMARTS) is 1. The van der Waals surface area contributed by atoms with Crippen LogP contribution < -0.4 is 5.32 Å². The fourth-order valence-corrected chi connectivity index (χ4v) is 2.22. The normalized spacial score (nSPS) is 19.3. The highest BCUT2D eigenvalue weighted by Crippen LogP contribution is 2.25. The maximum absolute atomic E-state index is 11.1. The summed E-state index contributed by atoms with van der Waals surface area (Å²) in [7, 11) is 1.98. The maximum atomic E-state index is 11.1. The average Bonchev–Trinajstić information content (AvgIpc) is 2.74. The van der Waals surface area contributed by atoms with Crippen LogP contribution in [-0.4, -0.2) is 47.1 Å². The van der Waals surface area contributed by atoms with Crippen LogP contribution in [0, 0.1) is 10.1 Å². The van der Waals surface area contributed by atoms with Crippen LogP contribution in [0.25, 0.3) is 0 Å². The Bertz CT molecular complexity index is 518. The summed E-state index contributed by atoms with van der Waals surface area (Å²) in [6, 6.07) is 3.86. The number of nitrogens with one attached hydrogen (secondary N) is 1. The molecule has 0 aliphatic carbocycles. The minimum atomic E-state index is -1.09. The molecule has 2 rings (SSSR count). The minimum Gasteiger partial charge on any atom is -0.478 e. The van der Waals surface area contributed by atoms with Gasteiger partial charge in [-0.1, -0.05) is 0 Å². The van der Waals surface area contributed by atoms with E-state index in [0.29, 0.717) is 5.69 Å². The predicted molar refractivity (Wildman–Crippen MR) is 69.6 cm³/mol. The van der Waals surface area contributed by atoms with Gasteiger partial charge < -0.3 is 15.3 Å². The van der Waals surface area contributed by atoms with Gasteiger partial charge >= 0.3 is 5.97 Å². The lowest BCUT2D eigenvalue weighted by Crippen LogP contribution is -2.24. The third kappa shape index (κ3) is 3.00. The standard InChI is InChI=1S/C12H15N3O4/c1-14-5-4-8(7-14)13-11-6-9(15(18)19)2-3-10(11)12(16)17/h2-3,6,8,13H,4-5,7H2,1H3,(H,16,17). The Kier molecular flexibility index (Phi) is 3.66. The molecule has 1 aromatic rings. The van der Waals surface area contributed by atoms with Gasteiger partial charge in [0.25, 0.3) is 5.69 Å². The van der Waals surface area contributed by atoms with Gasteiger partial charge in [0.05, 0.1) is 16.2 Å². The maximum Gasteiger partial charge on any atom is 0.337 e. The van der Waals surface area contributed by atoms with Crippen LogP contribution in [0.5, 0.6) is 0 Å². The largest absolute Gasteiger partial charge is 0.478 e. The van der Waals surface area contributed by atoms with Crippen LogP contribution in [0.2, 0.25) is 0 Å². The smallest absolute Gasteiger partial charge is 0.337 e. The number of anilines is 1. The molecule has 1 heterocycles. The summed E-state index contributed by atoms with van der Waals surface area (Å²) in [6.45, 7) is 1.72. The Morgan fingerprint density at radius 3 is 2.84 bits per heavy atom. The molecule has 1 fully saturated rings. The number of nitro benzene ring substituents is 1. The minimum absolute atomic E-state index is 0.0557. The van der Waals surface area contributed by atoms with Gasteiger partial charge in [-0.3, -0.25) is 10.1 Å². The van der Waals surface area contributed by atoms with Crippen LogP contribution in [-0.2, 0) is 0 Å². The molecule has 1 aromatic carbocycles. The topological polar surface area (TPSA) is 95.7 Å². The number of nitrogens with zero attached hydrogens (tertiary/aromatic N) is 2. The molecule has 1 saturated heterocycles. The summed E-state index contributed by atoms with van der Waals surface area (Å²) < 4.78 is 0. The third-order valence-electron chi connectivity index (χ3n) is 3.20. The summed E-state index contributed by atoms with van der Waals surface area (Å²) in [5.74, 6) is -1.09. The molecule has 1 aliphatic rings. The summed E-state index contributed by atoms with van der Waals surface area (Å²) in [4.78, 5) is 23.5. The van der Waals surface area contributed by atoms with Gasteiger partial charge in [-0.15, -0.1) is 0 Å². The molecule has 0 aromatic heterocycles. The molecule has 1 unspecified atom stereocenters. The monoisotopic (exact) mass is 265 g/mol. The van der Waals surface area contributed by atoms with Gasteiger partial charge in [0.1, 0.15) is 0 Å². The van der Waals surface area contributed by atoms with Crippen molar-refractivity contribution in [3.63, 3.8) is 0 Å². The first-order valence-corrected chi connectivity index (χ1v) is 5.94. The number of rotatable bonds is 4. The zero-order valence-electron chi connectivity index (χ0n) is 10.5. The van der Waals surface area contributed by atoms with Crippen LogP contribution in [0.4, 0.5) is 11.4 Å². The first-order chi connectivity index (χ1) is 8.97. The molecule has 7 heteroatoms. The highest BCUT2D eigenvalue weighted by atomic mass is 16.6. The molecule has 19 heavy (non-hydrogen) atoms. The van der Waals surface area contributed by atoms with Crippen molar-refractivity contribution in [3.05, 3.63) is 33.9 Å². The summed E-state index contributed by atoms with van der Waals surface area (Å²) in [5.41, 5.74) is 0.251. The van der Waals surface area contributed by atoms with Crippen molar-refractivity contribution in [3.8, 4) is 0 Å². The van der Waals surface area contributed by atoms with Crippen LogP contribution in [0.1, 0.15) is 16.8 Å². The zero-order chi connectivity index (χ0) is 14.0. The Hall–Kier alpha value is -2.15. The number of carboxylic acids is 1. The molecular formula is C12H15N3O4. The Labute approximate surface area is 110 Å². The molecule has 1 atom stereocenters. The SMILES string of the molecule is CN1CCC(Nc2cc([N+](=O)[O-])ccc2C(=O)O)C1. The lowest BCUT2D eigenvalue weighted by molar-refractivity contribution is -0.384. The van der Waals surface area contributed by atoms with E-state index in [1.807, 2.05) is 7.05 Å². The molecule has 2 N–H and O–H groups in total. The molecule has 102 valence electrons. The van der Waals surface area contributed by atoms with E-state index in [2.05, 4.69) is 10.2 Å². The van der Waals surface area contributed by atoms with Crippen molar-refractivity contribution in [2.45, 2.75) is 12.5 Å². The average molecular weight is 265 g/mol. The lowest BCUT2D eigenvalue weighted by Gasteiger charge is -2.15. The first kappa shape index (κ1) is 13.3. The van der Waals surface area contributed by atoms with Crippen LogP contribution in [0.15, 0.2) is 18.2 Å². The molecule has 1 aliphatic heterocycles. The lowest BCUT2D eigenvalue weighted by atomic mass is 10.1. The van der Waals surface area contributed by atoms with E-state index >= 15 is 0 Å². The van der Waals surface area contributed by atoms with Gasteiger partial charge in [-0.05, 0) is 26.1 Å². The van der Waals surface area contributed by atoms with E-state index in [1.165, 1.54) is 18.2 Å². The van der Waals surface area contributed by atoms with Crippen molar-refractivity contribution in [2.24, 2.45) is 0 Å². The van der Waals surface area contributed by atoms with Crippen molar-refractivity contribution >= 4 is 17.3 Å². The highest BCUT2D eigenvalue weighted by molar-refractivity contribution is 5.94. The number of benzene rings is 1. The molecule has 0 amide bonds. The van der Waals surface area contributed by atoms with Crippen molar-refractivity contribution in [2.75, 3.05) is 25.5 Å². The molecule has 7 nitrogen and oxygen atoms in total. The molecular weight excluding hydrogens is 250 g/mol. The number of aromatic carboxylic acids is 1. The van der Waals surface area contributed by atoms with Gasteiger partial charge in [0.15, 0.2) is 0 Å². The number of carbonyl (C=O) groups is 1. The number of hydrogen-bond acceptors (Lipinski definition) is 5. The van der Waals surface area contributed by atoms with Crippen molar-refractivity contribution in [1.29, 1.82) is 0 Å². The number of likely N-dealkylation sites (N-methyl/N-ethyl adjacent to an activating group) is 1. The predicted octanol–water partition coefficient (Wildman–Crippen LogP) is 1.41. The number of nitro groups is 1. The fourth-order valence-electron chi connectivity index (χ4n) is 2.22. The molecule has 0 radical (unpaired) electrons. The Morgan fingerprint density at radius 2 is 2.32 bits per heavy atom. The fraction of sp³-hybridized carbons (Fsp3) is 0.417. The van der Waals surface area contributed by atoms with Gasteiger partial charge in [-0.2, -0.15) is 0 Å². The van der Waals surface area contributed by atoms with Gasteiger partial charge in [0, 0.05) is 24.7 Å². The second-order valence-electron chi connectivity index (χ2n) is 4.68. The second kappa shape index (κ2) is 5.23. The molecule has 0 spiro atoms. The number of hydrogen-bond donors (Lipinski definition) is 2. The number of likely N-dealkylation sites (tertiary alicyclic amines) is 1.